The highest BCUT2D eigenvalue weighted by Crippen LogP contribution is 2.25. The summed E-state index contributed by atoms with van der Waals surface area (Å²) in [5.74, 6) is 0.104. The van der Waals surface area contributed by atoms with E-state index in [-0.39, 0.29) is 24.0 Å². The molecule has 7 nitrogen and oxygen atoms in total. The molecule has 102 valence electrons. The Morgan fingerprint density at radius 1 is 1.53 bits per heavy atom. The van der Waals surface area contributed by atoms with Gasteiger partial charge in [0.1, 0.15) is 0 Å². The molecule has 1 aromatic rings. The Kier molecular flexibility index (Phi) is 3.94. The average Bonchev–Trinajstić information content (AvgIpc) is 2.89. The molecule has 1 aliphatic heterocycles. The molecule has 1 aromatic heterocycles. The molecular weight excluding hydrogens is 248 g/mol. The van der Waals surface area contributed by atoms with Gasteiger partial charge in [0.15, 0.2) is 0 Å². The Balaban J connectivity index is 2.05. The molecular formula is C12H16N4O3. The van der Waals surface area contributed by atoms with E-state index in [2.05, 4.69) is 10.3 Å². The number of nitrogens with zero attached hydrogens (tertiary/aromatic N) is 3. The first kappa shape index (κ1) is 13.3. The maximum atomic E-state index is 11.9. The van der Waals surface area contributed by atoms with Gasteiger partial charge in [0.25, 0.3) is 0 Å². The van der Waals surface area contributed by atoms with Crippen LogP contribution in [0, 0.1) is 17.0 Å². The van der Waals surface area contributed by atoms with Crippen LogP contribution in [0.2, 0.25) is 0 Å². The minimum atomic E-state index is -0.481. The van der Waals surface area contributed by atoms with Crippen molar-refractivity contribution in [3.8, 4) is 0 Å². The van der Waals surface area contributed by atoms with Crippen molar-refractivity contribution in [2.45, 2.75) is 19.8 Å². The number of aromatic nitrogens is 1. The molecule has 2 rings (SSSR count). The van der Waals surface area contributed by atoms with E-state index in [1.807, 2.05) is 0 Å². The Morgan fingerprint density at radius 3 is 2.84 bits per heavy atom. The van der Waals surface area contributed by atoms with Gasteiger partial charge < -0.3 is 10.2 Å². The molecule has 1 aliphatic rings. The number of pyridine rings is 1. The molecule has 0 radical (unpaired) electrons. The molecule has 0 aromatic carbocycles. The Morgan fingerprint density at radius 2 is 2.21 bits per heavy atom. The van der Waals surface area contributed by atoms with E-state index in [0.29, 0.717) is 5.56 Å². The third-order valence-electron chi connectivity index (χ3n) is 3.17. The van der Waals surface area contributed by atoms with Gasteiger partial charge in [-0.1, -0.05) is 0 Å². The predicted molar refractivity (Wildman–Crippen MR) is 69.9 cm³/mol. The van der Waals surface area contributed by atoms with Crippen molar-refractivity contribution >= 4 is 17.4 Å². The van der Waals surface area contributed by atoms with E-state index in [0.717, 1.165) is 25.9 Å². The number of hydrogen-bond donors (Lipinski definition) is 1. The fraction of sp³-hybridized carbons (Fsp3) is 0.500. The summed E-state index contributed by atoms with van der Waals surface area (Å²) in [5, 5.41) is 13.7. The van der Waals surface area contributed by atoms with Crippen LogP contribution < -0.4 is 5.32 Å². The number of nitro groups is 1. The number of anilines is 1. The van der Waals surface area contributed by atoms with Crippen molar-refractivity contribution in [3.63, 3.8) is 0 Å². The Labute approximate surface area is 110 Å². The summed E-state index contributed by atoms with van der Waals surface area (Å²) < 4.78 is 0. The Bertz CT molecular complexity index is 498. The van der Waals surface area contributed by atoms with E-state index >= 15 is 0 Å². The lowest BCUT2D eigenvalue weighted by Crippen LogP contribution is -2.33. The second-order valence-electron chi connectivity index (χ2n) is 4.52. The fourth-order valence-electron chi connectivity index (χ4n) is 2.15. The molecule has 19 heavy (non-hydrogen) atoms. The summed E-state index contributed by atoms with van der Waals surface area (Å²) in [7, 11) is 0. The van der Waals surface area contributed by atoms with Crippen LogP contribution in [0.4, 0.5) is 11.5 Å². The minimum Gasteiger partial charge on any atom is -0.355 e. The summed E-state index contributed by atoms with van der Waals surface area (Å²) in [5.41, 5.74) is 0.452. The first-order valence-corrected chi connectivity index (χ1v) is 6.21. The van der Waals surface area contributed by atoms with Gasteiger partial charge >= 0.3 is 5.69 Å². The molecule has 0 bridgehead atoms. The van der Waals surface area contributed by atoms with Gasteiger partial charge in [-0.3, -0.25) is 14.9 Å². The zero-order chi connectivity index (χ0) is 13.8. The molecule has 1 amide bonds. The molecule has 7 heteroatoms. The molecule has 1 saturated heterocycles. The summed E-state index contributed by atoms with van der Waals surface area (Å²) in [6, 6.07) is 1.58. The maximum Gasteiger partial charge on any atom is 0.314 e. The summed E-state index contributed by atoms with van der Waals surface area (Å²) >= 11 is 0. The highest BCUT2D eigenvalue weighted by Gasteiger charge is 2.21. The minimum absolute atomic E-state index is 0.0390. The molecule has 0 spiro atoms. The second kappa shape index (κ2) is 5.64. The lowest BCUT2D eigenvalue weighted by atomic mass is 10.2. The number of amides is 1. The summed E-state index contributed by atoms with van der Waals surface area (Å²) in [4.78, 5) is 28.0. The molecule has 1 N–H and O–H groups in total. The SMILES string of the molecule is Cc1ccnc(NCC(=O)N2CCCC2)c1[N+](=O)[O-]. The van der Waals surface area contributed by atoms with Crippen LogP contribution in [0.15, 0.2) is 12.3 Å². The summed E-state index contributed by atoms with van der Waals surface area (Å²) in [6.07, 6.45) is 3.54. The number of hydrogen-bond acceptors (Lipinski definition) is 5. The van der Waals surface area contributed by atoms with Crippen LogP contribution in [-0.4, -0.2) is 40.3 Å². The quantitative estimate of drug-likeness (QED) is 0.654. The van der Waals surface area contributed by atoms with Crippen LogP contribution in [0.1, 0.15) is 18.4 Å². The first-order chi connectivity index (χ1) is 9.09. The average molecular weight is 264 g/mol. The van der Waals surface area contributed by atoms with Gasteiger partial charge in [0.2, 0.25) is 11.7 Å². The van der Waals surface area contributed by atoms with Gasteiger partial charge in [-0.05, 0) is 25.8 Å². The first-order valence-electron chi connectivity index (χ1n) is 6.21. The normalized spacial score (nSPS) is 14.5. The predicted octanol–water partition coefficient (Wildman–Crippen LogP) is 1.33. The van der Waals surface area contributed by atoms with Crippen LogP contribution in [0.25, 0.3) is 0 Å². The van der Waals surface area contributed by atoms with E-state index in [4.69, 9.17) is 0 Å². The molecule has 2 heterocycles. The maximum absolute atomic E-state index is 11.9. The number of nitrogens with one attached hydrogen (secondary N) is 1. The molecule has 1 fully saturated rings. The molecule has 0 atom stereocenters. The van der Waals surface area contributed by atoms with Gasteiger partial charge in [-0.2, -0.15) is 0 Å². The third kappa shape index (κ3) is 2.98. The number of aryl methyl sites for hydroxylation is 1. The van der Waals surface area contributed by atoms with Crippen molar-refractivity contribution in [1.29, 1.82) is 0 Å². The van der Waals surface area contributed by atoms with E-state index in [9.17, 15) is 14.9 Å². The van der Waals surface area contributed by atoms with Crippen LogP contribution in [-0.2, 0) is 4.79 Å². The highest BCUT2D eigenvalue weighted by molar-refractivity contribution is 5.81. The monoisotopic (exact) mass is 264 g/mol. The van der Waals surface area contributed by atoms with Crippen molar-refractivity contribution < 1.29 is 9.72 Å². The van der Waals surface area contributed by atoms with Crippen molar-refractivity contribution in [2.24, 2.45) is 0 Å². The number of carbonyl (C=O) groups excluding carboxylic acids is 1. The van der Waals surface area contributed by atoms with E-state index < -0.39 is 4.92 Å². The molecule has 0 unspecified atom stereocenters. The Hall–Kier alpha value is -2.18. The van der Waals surface area contributed by atoms with Gasteiger partial charge in [-0.15, -0.1) is 0 Å². The summed E-state index contributed by atoms with van der Waals surface area (Å²) in [6.45, 7) is 3.22. The van der Waals surface area contributed by atoms with E-state index in [1.165, 1.54) is 6.20 Å². The number of likely N-dealkylation sites (tertiary alicyclic amines) is 1. The van der Waals surface area contributed by atoms with Gasteiger partial charge in [0.05, 0.1) is 11.5 Å². The highest BCUT2D eigenvalue weighted by atomic mass is 16.6. The van der Waals surface area contributed by atoms with Gasteiger partial charge in [0, 0.05) is 24.8 Å². The lowest BCUT2D eigenvalue weighted by Gasteiger charge is -2.15. The lowest BCUT2D eigenvalue weighted by molar-refractivity contribution is -0.384. The van der Waals surface area contributed by atoms with Crippen molar-refractivity contribution in [2.75, 3.05) is 25.0 Å². The fourth-order valence-corrected chi connectivity index (χ4v) is 2.15. The van der Waals surface area contributed by atoms with Crippen LogP contribution >= 0.6 is 0 Å². The van der Waals surface area contributed by atoms with Crippen LogP contribution in [0.3, 0.4) is 0 Å². The van der Waals surface area contributed by atoms with Crippen molar-refractivity contribution in [1.82, 2.24) is 9.88 Å². The van der Waals surface area contributed by atoms with Gasteiger partial charge in [-0.25, -0.2) is 4.98 Å². The third-order valence-corrected chi connectivity index (χ3v) is 3.17. The standard InChI is InChI=1S/C12H16N4O3/c1-9-4-5-13-12(11(9)16(18)19)14-8-10(17)15-6-2-3-7-15/h4-5H,2-3,6-8H2,1H3,(H,13,14). The topological polar surface area (TPSA) is 88.4 Å². The zero-order valence-electron chi connectivity index (χ0n) is 10.8. The smallest absolute Gasteiger partial charge is 0.314 e. The van der Waals surface area contributed by atoms with Crippen LogP contribution in [0.5, 0.6) is 0 Å². The van der Waals surface area contributed by atoms with Crippen molar-refractivity contribution in [3.05, 3.63) is 27.9 Å². The van der Waals surface area contributed by atoms with E-state index in [1.54, 1.807) is 17.9 Å². The molecule has 0 saturated carbocycles. The number of rotatable bonds is 4. The number of carbonyl (C=O) groups is 1. The molecule has 0 aliphatic carbocycles. The largest absolute Gasteiger partial charge is 0.355 e. The second-order valence-corrected chi connectivity index (χ2v) is 4.52. The zero-order valence-corrected chi connectivity index (χ0v) is 10.8.